The molecule has 1 heterocycles. The molecule has 0 aliphatic carbocycles. The van der Waals surface area contributed by atoms with Gasteiger partial charge in [-0.1, -0.05) is 0 Å². The van der Waals surface area contributed by atoms with E-state index in [1.165, 1.54) is 0 Å². The quantitative estimate of drug-likeness (QED) is 0.772. The lowest BCUT2D eigenvalue weighted by atomic mass is 10.2. The van der Waals surface area contributed by atoms with Crippen LogP contribution in [0.4, 0.5) is 17.6 Å². The summed E-state index contributed by atoms with van der Waals surface area (Å²) in [7, 11) is 0. The van der Waals surface area contributed by atoms with Gasteiger partial charge in [0.1, 0.15) is 0 Å². The second-order valence-corrected chi connectivity index (χ2v) is 3.58. The van der Waals surface area contributed by atoms with Gasteiger partial charge in [0.05, 0.1) is 12.2 Å². The van der Waals surface area contributed by atoms with Crippen LogP contribution >= 0.6 is 0 Å². The molecule has 1 aromatic rings. The largest absolute Gasteiger partial charge is 0.319 e. The van der Waals surface area contributed by atoms with Gasteiger partial charge in [0.15, 0.2) is 0 Å². The van der Waals surface area contributed by atoms with Crippen molar-refractivity contribution in [2.75, 3.05) is 6.54 Å². The summed E-state index contributed by atoms with van der Waals surface area (Å²) in [6.45, 7) is 2.50. The van der Waals surface area contributed by atoms with E-state index in [1.54, 1.807) is 13.8 Å². The molecule has 0 saturated carbocycles. The molecule has 16 heavy (non-hydrogen) atoms. The number of hydrogen-bond donors (Lipinski definition) is 2. The molecule has 0 amide bonds. The van der Waals surface area contributed by atoms with Crippen LogP contribution in [0.15, 0.2) is 0 Å². The average Bonchev–Trinajstić information content (AvgIpc) is 2.48. The Morgan fingerprint density at radius 2 is 2.00 bits per heavy atom. The van der Waals surface area contributed by atoms with Gasteiger partial charge in [0.2, 0.25) is 0 Å². The Kier molecular flexibility index (Phi) is 3.90. The first-order chi connectivity index (χ1) is 7.34. The molecule has 92 valence electrons. The number of rotatable bonds is 5. The maximum absolute atomic E-state index is 12.5. The summed E-state index contributed by atoms with van der Waals surface area (Å²) in [5.74, 6) is -3.99. The highest BCUT2D eigenvalue weighted by atomic mass is 19.3. The van der Waals surface area contributed by atoms with Crippen molar-refractivity contribution in [2.45, 2.75) is 32.7 Å². The topological polar surface area (TPSA) is 40.7 Å². The van der Waals surface area contributed by atoms with E-state index in [0.29, 0.717) is 5.69 Å². The third kappa shape index (κ3) is 2.94. The first-order valence-electron chi connectivity index (χ1n) is 4.71. The van der Waals surface area contributed by atoms with Gasteiger partial charge in [0.25, 0.3) is 0 Å². The van der Waals surface area contributed by atoms with Gasteiger partial charge in [-0.15, -0.1) is 0 Å². The molecule has 0 aliphatic rings. The molecular formula is C9H13F4N3. The Hall–Kier alpha value is -1.11. The lowest BCUT2D eigenvalue weighted by molar-refractivity contribution is -0.125. The van der Waals surface area contributed by atoms with Gasteiger partial charge in [-0.3, -0.25) is 5.10 Å². The lowest BCUT2D eigenvalue weighted by Gasteiger charge is -2.15. The van der Waals surface area contributed by atoms with Crippen molar-refractivity contribution in [1.82, 2.24) is 15.5 Å². The van der Waals surface area contributed by atoms with E-state index in [-0.39, 0.29) is 6.54 Å². The molecule has 0 saturated heterocycles. The fourth-order valence-corrected chi connectivity index (χ4v) is 1.27. The van der Waals surface area contributed by atoms with Crippen molar-refractivity contribution in [3.63, 3.8) is 0 Å². The fraction of sp³-hybridized carbons (Fsp3) is 0.667. The molecule has 0 atom stereocenters. The third-order valence-electron chi connectivity index (χ3n) is 2.26. The summed E-state index contributed by atoms with van der Waals surface area (Å²) in [5.41, 5.74) is 2.14. The van der Waals surface area contributed by atoms with E-state index >= 15 is 0 Å². The average molecular weight is 239 g/mol. The summed E-state index contributed by atoms with van der Waals surface area (Å²) >= 11 is 0. The Labute approximate surface area is 90.2 Å². The van der Waals surface area contributed by atoms with Crippen molar-refractivity contribution >= 4 is 0 Å². The molecule has 0 fully saturated rings. The van der Waals surface area contributed by atoms with E-state index in [1.807, 2.05) is 0 Å². The number of alkyl halides is 4. The predicted molar refractivity (Wildman–Crippen MR) is 50.7 cm³/mol. The van der Waals surface area contributed by atoms with Crippen LogP contribution in [-0.2, 0) is 6.54 Å². The predicted octanol–water partition coefficient (Wildman–Crippen LogP) is 2.02. The van der Waals surface area contributed by atoms with Gasteiger partial charge in [0, 0.05) is 17.8 Å². The molecule has 2 N–H and O–H groups in total. The van der Waals surface area contributed by atoms with Crippen LogP contribution < -0.4 is 5.32 Å². The summed E-state index contributed by atoms with van der Waals surface area (Å²) in [6, 6.07) is 0. The van der Waals surface area contributed by atoms with Crippen molar-refractivity contribution in [2.24, 2.45) is 0 Å². The molecule has 1 aromatic heterocycles. The lowest BCUT2D eigenvalue weighted by Crippen LogP contribution is -2.38. The van der Waals surface area contributed by atoms with Gasteiger partial charge in [-0.25, -0.2) is 8.78 Å². The Morgan fingerprint density at radius 3 is 2.44 bits per heavy atom. The SMILES string of the molecule is Cc1n[nH]c(C)c1CNCC(F)(F)C(F)F. The molecule has 0 bridgehead atoms. The van der Waals surface area contributed by atoms with Crippen LogP contribution in [0.3, 0.4) is 0 Å². The first kappa shape index (κ1) is 13.0. The first-order valence-corrected chi connectivity index (χ1v) is 4.71. The zero-order valence-corrected chi connectivity index (χ0v) is 8.95. The van der Waals surface area contributed by atoms with Gasteiger partial charge >= 0.3 is 12.3 Å². The minimum Gasteiger partial charge on any atom is -0.307 e. The summed E-state index contributed by atoms with van der Waals surface area (Å²) in [6.07, 6.45) is -3.65. The molecular weight excluding hydrogens is 226 g/mol. The number of H-pyrrole nitrogens is 1. The number of aryl methyl sites for hydroxylation is 2. The number of halogens is 4. The monoisotopic (exact) mass is 239 g/mol. The van der Waals surface area contributed by atoms with Crippen molar-refractivity contribution in [1.29, 1.82) is 0 Å². The zero-order valence-electron chi connectivity index (χ0n) is 8.95. The van der Waals surface area contributed by atoms with Gasteiger partial charge < -0.3 is 5.32 Å². The number of nitrogens with one attached hydrogen (secondary N) is 2. The van der Waals surface area contributed by atoms with Crippen LogP contribution in [0.1, 0.15) is 17.0 Å². The Morgan fingerprint density at radius 1 is 1.38 bits per heavy atom. The molecule has 7 heteroatoms. The number of aromatic amines is 1. The maximum Gasteiger partial charge on any atom is 0.319 e. The normalized spacial score (nSPS) is 12.4. The van der Waals surface area contributed by atoms with Crippen LogP contribution in [-0.4, -0.2) is 29.1 Å². The summed E-state index contributed by atoms with van der Waals surface area (Å²) in [5, 5.41) is 8.85. The minimum absolute atomic E-state index is 0.0937. The van der Waals surface area contributed by atoms with Crippen LogP contribution in [0, 0.1) is 13.8 Å². The highest BCUT2D eigenvalue weighted by molar-refractivity contribution is 5.22. The fourth-order valence-electron chi connectivity index (χ4n) is 1.27. The molecule has 0 aromatic carbocycles. The molecule has 0 aliphatic heterocycles. The third-order valence-corrected chi connectivity index (χ3v) is 2.26. The summed E-state index contributed by atoms with van der Waals surface area (Å²) in [4.78, 5) is 0. The maximum atomic E-state index is 12.5. The smallest absolute Gasteiger partial charge is 0.307 e. The zero-order chi connectivity index (χ0) is 12.3. The second-order valence-electron chi connectivity index (χ2n) is 3.58. The molecule has 3 nitrogen and oxygen atoms in total. The highest BCUT2D eigenvalue weighted by Crippen LogP contribution is 2.21. The number of nitrogens with zero attached hydrogens (tertiary/aromatic N) is 1. The van der Waals surface area contributed by atoms with Crippen molar-refractivity contribution in [3.8, 4) is 0 Å². The van der Waals surface area contributed by atoms with Crippen molar-refractivity contribution < 1.29 is 17.6 Å². The number of hydrogen-bond acceptors (Lipinski definition) is 2. The molecule has 0 radical (unpaired) electrons. The van der Waals surface area contributed by atoms with E-state index in [2.05, 4.69) is 15.5 Å². The highest BCUT2D eigenvalue weighted by Gasteiger charge is 2.40. The van der Waals surface area contributed by atoms with Crippen LogP contribution in [0.25, 0.3) is 0 Å². The minimum atomic E-state index is -3.99. The van der Waals surface area contributed by atoms with E-state index in [4.69, 9.17) is 0 Å². The Bertz CT molecular complexity index is 329. The van der Waals surface area contributed by atoms with E-state index < -0.39 is 18.9 Å². The standard InChI is InChI=1S/C9H13F4N3/c1-5-7(6(2)16-15-5)3-14-4-9(12,13)8(10)11/h8,14H,3-4H2,1-2H3,(H,15,16). The second kappa shape index (κ2) is 4.82. The van der Waals surface area contributed by atoms with Crippen LogP contribution in [0.5, 0.6) is 0 Å². The summed E-state index contributed by atoms with van der Waals surface area (Å²) < 4.78 is 48.7. The molecule has 0 unspecified atom stereocenters. The Balaban J connectivity index is 2.48. The van der Waals surface area contributed by atoms with Crippen molar-refractivity contribution in [3.05, 3.63) is 17.0 Å². The van der Waals surface area contributed by atoms with E-state index in [0.717, 1.165) is 11.3 Å². The molecule has 1 rings (SSSR count). The van der Waals surface area contributed by atoms with Gasteiger partial charge in [-0.2, -0.15) is 13.9 Å². The molecule has 0 spiro atoms. The number of aromatic nitrogens is 2. The van der Waals surface area contributed by atoms with E-state index in [9.17, 15) is 17.6 Å². The van der Waals surface area contributed by atoms with Gasteiger partial charge in [-0.05, 0) is 13.8 Å². The van der Waals surface area contributed by atoms with Crippen LogP contribution in [0.2, 0.25) is 0 Å².